The van der Waals surface area contributed by atoms with Crippen LogP contribution in [-0.4, -0.2) is 41.0 Å². The number of nitrogens with one attached hydrogen (secondary N) is 1. The summed E-state index contributed by atoms with van der Waals surface area (Å²) in [5.41, 5.74) is 0.989. The van der Waals surface area contributed by atoms with Gasteiger partial charge in [0.15, 0.2) is 5.76 Å². The Hall–Kier alpha value is -1.82. The Bertz CT molecular complexity index is 544. The van der Waals surface area contributed by atoms with Gasteiger partial charge in [-0.25, -0.2) is 4.79 Å². The van der Waals surface area contributed by atoms with Crippen LogP contribution in [0.3, 0.4) is 0 Å². The normalized spacial score (nSPS) is 16.9. The Morgan fingerprint density at radius 1 is 1.36 bits per heavy atom. The van der Waals surface area contributed by atoms with E-state index in [4.69, 9.17) is 9.52 Å². The molecular formula is C16H24N2O4. The van der Waals surface area contributed by atoms with E-state index in [1.807, 2.05) is 6.92 Å². The minimum absolute atomic E-state index is 0.179. The van der Waals surface area contributed by atoms with E-state index in [0.717, 1.165) is 25.2 Å². The highest BCUT2D eigenvalue weighted by Crippen LogP contribution is 2.19. The van der Waals surface area contributed by atoms with Crippen molar-refractivity contribution in [2.45, 2.75) is 46.2 Å². The second kappa shape index (κ2) is 6.96. The van der Waals surface area contributed by atoms with Gasteiger partial charge >= 0.3 is 5.97 Å². The van der Waals surface area contributed by atoms with Gasteiger partial charge in [0.2, 0.25) is 0 Å². The SMILES string of the molecule is Cc1oc(C(=O)NC(C(=O)O)C(C)C)cc1CN1CCCC1. The van der Waals surface area contributed by atoms with Crippen molar-refractivity contribution in [2.24, 2.45) is 5.92 Å². The first-order valence-electron chi connectivity index (χ1n) is 7.74. The zero-order chi connectivity index (χ0) is 16.3. The molecule has 122 valence electrons. The Morgan fingerprint density at radius 2 is 2.00 bits per heavy atom. The van der Waals surface area contributed by atoms with Gasteiger partial charge in [0.1, 0.15) is 11.8 Å². The fourth-order valence-corrected chi connectivity index (χ4v) is 2.70. The Balaban J connectivity index is 2.05. The zero-order valence-electron chi connectivity index (χ0n) is 13.4. The van der Waals surface area contributed by atoms with Crippen LogP contribution < -0.4 is 5.32 Å². The lowest BCUT2D eigenvalue weighted by atomic mass is 10.0. The Kier molecular flexibility index (Phi) is 5.24. The maximum absolute atomic E-state index is 12.2. The van der Waals surface area contributed by atoms with Crippen molar-refractivity contribution >= 4 is 11.9 Å². The van der Waals surface area contributed by atoms with Crippen molar-refractivity contribution in [3.8, 4) is 0 Å². The number of nitrogens with zero attached hydrogens (tertiary/aromatic N) is 1. The van der Waals surface area contributed by atoms with E-state index in [-0.39, 0.29) is 11.7 Å². The average Bonchev–Trinajstić information content (AvgIpc) is 3.06. The number of aliphatic carboxylic acids is 1. The number of furan rings is 1. The van der Waals surface area contributed by atoms with E-state index in [1.165, 1.54) is 12.8 Å². The topological polar surface area (TPSA) is 82.8 Å². The first-order valence-corrected chi connectivity index (χ1v) is 7.74. The van der Waals surface area contributed by atoms with Crippen LogP contribution in [0.2, 0.25) is 0 Å². The van der Waals surface area contributed by atoms with Gasteiger partial charge in [0, 0.05) is 12.1 Å². The van der Waals surface area contributed by atoms with Crippen LogP contribution in [0, 0.1) is 12.8 Å². The second-order valence-corrected chi connectivity index (χ2v) is 6.21. The first kappa shape index (κ1) is 16.5. The summed E-state index contributed by atoms with van der Waals surface area (Å²) >= 11 is 0. The molecule has 1 saturated heterocycles. The summed E-state index contributed by atoms with van der Waals surface area (Å²) in [5, 5.41) is 11.7. The van der Waals surface area contributed by atoms with Crippen molar-refractivity contribution in [1.82, 2.24) is 10.2 Å². The summed E-state index contributed by atoms with van der Waals surface area (Å²) in [6.45, 7) is 8.26. The van der Waals surface area contributed by atoms with Crippen LogP contribution in [0.5, 0.6) is 0 Å². The van der Waals surface area contributed by atoms with Crippen molar-refractivity contribution in [1.29, 1.82) is 0 Å². The molecule has 1 aliphatic rings. The summed E-state index contributed by atoms with van der Waals surface area (Å²) in [5.74, 6) is -0.811. The molecule has 1 aromatic heterocycles. The lowest BCUT2D eigenvalue weighted by Crippen LogP contribution is -2.44. The van der Waals surface area contributed by atoms with Gasteiger partial charge in [-0.05, 0) is 44.8 Å². The number of carboxylic acid groups (broad SMARTS) is 1. The van der Waals surface area contributed by atoms with Gasteiger partial charge < -0.3 is 14.8 Å². The molecule has 1 aromatic rings. The standard InChI is InChI=1S/C16H24N2O4/c1-10(2)14(16(20)21)17-15(19)13-8-12(11(3)22-13)9-18-6-4-5-7-18/h8,10,14H,4-7,9H2,1-3H3,(H,17,19)(H,20,21). The molecule has 2 heterocycles. The number of hydrogen-bond acceptors (Lipinski definition) is 4. The summed E-state index contributed by atoms with van der Waals surface area (Å²) in [4.78, 5) is 25.7. The van der Waals surface area contributed by atoms with E-state index < -0.39 is 17.9 Å². The number of carbonyl (C=O) groups excluding carboxylic acids is 1. The van der Waals surface area contributed by atoms with Gasteiger partial charge in [-0.3, -0.25) is 9.69 Å². The first-order chi connectivity index (χ1) is 10.4. The fraction of sp³-hybridized carbons (Fsp3) is 0.625. The van der Waals surface area contributed by atoms with E-state index in [0.29, 0.717) is 5.76 Å². The molecule has 22 heavy (non-hydrogen) atoms. The van der Waals surface area contributed by atoms with Crippen LogP contribution in [-0.2, 0) is 11.3 Å². The predicted octanol–water partition coefficient (Wildman–Crippen LogP) is 2.02. The minimum atomic E-state index is -1.04. The maximum atomic E-state index is 12.2. The summed E-state index contributed by atoms with van der Waals surface area (Å²) in [6.07, 6.45) is 2.41. The molecule has 1 fully saturated rings. The molecule has 1 unspecified atom stereocenters. The van der Waals surface area contributed by atoms with Crippen LogP contribution in [0.25, 0.3) is 0 Å². The Labute approximate surface area is 130 Å². The monoisotopic (exact) mass is 308 g/mol. The van der Waals surface area contributed by atoms with Crippen LogP contribution in [0.1, 0.15) is 48.6 Å². The van der Waals surface area contributed by atoms with Gasteiger partial charge in [-0.2, -0.15) is 0 Å². The minimum Gasteiger partial charge on any atom is -0.480 e. The molecule has 6 heteroatoms. The molecule has 0 aliphatic carbocycles. The summed E-state index contributed by atoms with van der Waals surface area (Å²) in [6, 6.07) is 0.808. The molecule has 1 aliphatic heterocycles. The van der Waals surface area contributed by atoms with E-state index in [2.05, 4.69) is 10.2 Å². The molecule has 2 rings (SSSR count). The predicted molar refractivity (Wildman–Crippen MR) is 81.7 cm³/mol. The number of hydrogen-bond donors (Lipinski definition) is 2. The van der Waals surface area contributed by atoms with Gasteiger partial charge in [-0.15, -0.1) is 0 Å². The number of carboxylic acids is 1. The highest BCUT2D eigenvalue weighted by atomic mass is 16.4. The van der Waals surface area contributed by atoms with Crippen LogP contribution in [0.4, 0.5) is 0 Å². The lowest BCUT2D eigenvalue weighted by Gasteiger charge is -2.16. The van der Waals surface area contributed by atoms with Crippen molar-refractivity contribution < 1.29 is 19.1 Å². The third-order valence-corrected chi connectivity index (χ3v) is 4.06. The van der Waals surface area contributed by atoms with E-state index >= 15 is 0 Å². The number of rotatable bonds is 6. The largest absolute Gasteiger partial charge is 0.480 e. The van der Waals surface area contributed by atoms with Gasteiger partial charge in [0.25, 0.3) is 5.91 Å². The van der Waals surface area contributed by atoms with Crippen LogP contribution >= 0.6 is 0 Å². The third-order valence-electron chi connectivity index (χ3n) is 4.06. The molecule has 0 bridgehead atoms. The van der Waals surface area contributed by atoms with E-state index in [1.54, 1.807) is 19.9 Å². The molecule has 6 nitrogen and oxygen atoms in total. The third kappa shape index (κ3) is 3.88. The van der Waals surface area contributed by atoms with E-state index in [9.17, 15) is 9.59 Å². The number of amides is 1. The molecule has 0 saturated carbocycles. The molecule has 1 amide bonds. The molecular weight excluding hydrogens is 284 g/mol. The molecule has 0 radical (unpaired) electrons. The molecule has 2 N–H and O–H groups in total. The van der Waals surface area contributed by atoms with Crippen LogP contribution in [0.15, 0.2) is 10.5 Å². The number of aryl methyl sites for hydroxylation is 1. The second-order valence-electron chi connectivity index (χ2n) is 6.21. The summed E-state index contributed by atoms with van der Waals surface area (Å²) < 4.78 is 5.52. The highest BCUT2D eigenvalue weighted by Gasteiger charge is 2.26. The maximum Gasteiger partial charge on any atom is 0.326 e. The quantitative estimate of drug-likeness (QED) is 0.840. The Morgan fingerprint density at radius 3 is 2.55 bits per heavy atom. The summed E-state index contributed by atoms with van der Waals surface area (Å²) in [7, 11) is 0. The fourth-order valence-electron chi connectivity index (χ4n) is 2.70. The van der Waals surface area contributed by atoms with Crippen molar-refractivity contribution in [2.75, 3.05) is 13.1 Å². The van der Waals surface area contributed by atoms with Crippen molar-refractivity contribution in [3.05, 3.63) is 23.2 Å². The zero-order valence-corrected chi connectivity index (χ0v) is 13.4. The lowest BCUT2D eigenvalue weighted by molar-refractivity contribution is -0.140. The van der Waals surface area contributed by atoms with Gasteiger partial charge in [0.05, 0.1) is 0 Å². The number of carbonyl (C=O) groups is 2. The smallest absolute Gasteiger partial charge is 0.326 e. The molecule has 0 spiro atoms. The highest BCUT2D eigenvalue weighted by molar-refractivity contribution is 5.94. The molecule has 0 aromatic carbocycles. The van der Waals surface area contributed by atoms with Gasteiger partial charge in [-0.1, -0.05) is 13.8 Å². The number of likely N-dealkylation sites (tertiary alicyclic amines) is 1. The average molecular weight is 308 g/mol. The molecule has 1 atom stereocenters. The van der Waals surface area contributed by atoms with Crippen molar-refractivity contribution in [3.63, 3.8) is 0 Å².